The minimum absolute atomic E-state index is 0.147. The van der Waals surface area contributed by atoms with E-state index in [2.05, 4.69) is 20.9 Å². The molecule has 1 heterocycles. The van der Waals surface area contributed by atoms with Crippen molar-refractivity contribution < 1.29 is 14.3 Å². The molecule has 0 amide bonds. The molecule has 2 aromatic rings. The molecule has 112 valence electrons. The van der Waals surface area contributed by atoms with Gasteiger partial charge in [0, 0.05) is 20.8 Å². The van der Waals surface area contributed by atoms with Gasteiger partial charge in [0.15, 0.2) is 12.4 Å². The molecule has 0 fully saturated rings. The number of carbonyl (C=O) groups is 2. The van der Waals surface area contributed by atoms with Gasteiger partial charge in [-0.05, 0) is 18.2 Å². The predicted octanol–water partition coefficient (Wildman–Crippen LogP) is 4.36. The Kier molecular flexibility index (Phi) is 4.44. The quantitative estimate of drug-likeness (QED) is 0.815. The first kappa shape index (κ1) is 16.0. The van der Waals surface area contributed by atoms with Gasteiger partial charge in [-0.1, -0.05) is 48.3 Å². The topological polar surface area (TPSA) is 59.2 Å². The van der Waals surface area contributed by atoms with Gasteiger partial charge < -0.3 is 9.72 Å². The van der Waals surface area contributed by atoms with E-state index in [1.165, 1.54) is 0 Å². The second-order valence-corrected chi connectivity index (χ2v) is 7.05. The van der Waals surface area contributed by atoms with Gasteiger partial charge in [-0.2, -0.15) is 0 Å². The summed E-state index contributed by atoms with van der Waals surface area (Å²) in [4.78, 5) is 26.7. The first-order valence-electron chi connectivity index (χ1n) is 6.37. The van der Waals surface area contributed by atoms with Crippen LogP contribution in [-0.4, -0.2) is 23.3 Å². The van der Waals surface area contributed by atoms with Crippen LogP contribution in [0.1, 0.15) is 31.3 Å². The molecule has 4 nitrogen and oxygen atoms in total. The molecule has 1 aromatic carbocycles. The van der Waals surface area contributed by atoms with Gasteiger partial charge >= 0.3 is 5.97 Å². The Morgan fingerprint density at radius 1 is 1.33 bits per heavy atom. The molecule has 0 unspecified atom stereocenters. The van der Waals surface area contributed by atoms with Gasteiger partial charge in [-0.3, -0.25) is 4.79 Å². The molecule has 0 aliphatic rings. The number of fused-ring (bicyclic) bond motifs is 1. The molecule has 0 radical (unpaired) electrons. The lowest BCUT2D eigenvalue weighted by molar-refractivity contribution is -0.129. The van der Waals surface area contributed by atoms with Crippen molar-refractivity contribution in [2.45, 2.75) is 20.8 Å². The number of ketones is 1. The number of rotatable bonds is 3. The van der Waals surface area contributed by atoms with Crippen molar-refractivity contribution in [2.75, 3.05) is 6.61 Å². The normalized spacial score (nSPS) is 11.7. The van der Waals surface area contributed by atoms with E-state index >= 15 is 0 Å². The highest BCUT2D eigenvalue weighted by atomic mass is 79.9. The predicted molar refractivity (Wildman–Crippen MR) is 85.8 cm³/mol. The van der Waals surface area contributed by atoms with Crippen LogP contribution in [0.4, 0.5) is 0 Å². The zero-order valence-corrected chi connectivity index (χ0v) is 14.3. The van der Waals surface area contributed by atoms with Crippen molar-refractivity contribution in [1.82, 2.24) is 4.98 Å². The van der Waals surface area contributed by atoms with Crippen molar-refractivity contribution in [3.05, 3.63) is 33.4 Å². The standard InChI is InChI=1S/C15H15BrClNO3/c1-15(2,3)11(19)7-21-14(20)13-12(17)9-6-8(16)4-5-10(9)18-13/h4-6,18H,7H2,1-3H3. The van der Waals surface area contributed by atoms with Crippen molar-refractivity contribution >= 4 is 50.2 Å². The van der Waals surface area contributed by atoms with E-state index in [1.807, 2.05) is 18.2 Å². The molecule has 21 heavy (non-hydrogen) atoms. The number of halogens is 2. The Hall–Kier alpha value is -1.33. The van der Waals surface area contributed by atoms with E-state index in [1.54, 1.807) is 20.8 Å². The second-order valence-electron chi connectivity index (χ2n) is 5.75. The minimum atomic E-state index is -0.634. The summed E-state index contributed by atoms with van der Waals surface area (Å²) in [5.41, 5.74) is 0.346. The Morgan fingerprint density at radius 3 is 2.62 bits per heavy atom. The maximum Gasteiger partial charge on any atom is 0.356 e. The molecule has 0 saturated heterocycles. The average Bonchev–Trinajstić information content (AvgIpc) is 2.72. The maximum absolute atomic E-state index is 12.0. The molecule has 1 N–H and O–H groups in total. The first-order valence-corrected chi connectivity index (χ1v) is 7.54. The third-order valence-electron chi connectivity index (χ3n) is 3.07. The molecule has 1 aromatic heterocycles. The van der Waals surface area contributed by atoms with Crippen molar-refractivity contribution in [1.29, 1.82) is 0 Å². The van der Waals surface area contributed by atoms with Crippen LogP contribution in [0.3, 0.4) is 0 Å². The van der Waals surface area contributed by atoms with Crippen LogP contribution in [-0.2, 0) is 9.53 Å². The van der Waals surface area contributed by atoms with Crippen LogP contribution in [0.5, 0.6) is 0 Å². The third kappa shape index (κ3) is 3.47. The van der Waals surface area contributed by atoms with Crippen LogP contribution in [0.2, 0.25) is 5.02 Å². The van der Waals surface area contributed by atoms with E-state index in [4.69, 9.17) is 16.3 Å². The Bertz CT molecular complexity index is 716. The van der Waals surface area contributed by atoms with Crippen LogP contribution < -0.4 is 0 Å². The van der Waals surface area contributed by atoms with E-state index < -0.39 is 11.4 Å². The summed E-state index contributed by atoms with van der Waals surface area (Å²) in [6.45, 7) is 5.06. The molecular formula is C15H15BrClNO3. The number of hydrogen-bond acceptors (Lipinski definition) is 3. The maximum atomic E-state index is 12.0. The number of nitrogens with one attached hydrogen (secondary N) is 1. The number of aromatic nitrogens is 1. The summed E-state index contributed by atoms with van der Waals surface area (Å²) in [5, 5.41) is 1.01. The van der Waals surface area contributed by atoms with Crippen molar-refractivity contribution in [3.63, 3.8) is 0 Å². The van der Waals surface area contributed by atoms with Gasteiger partial charge in [-0.25, -0.2) is 4.79 Å². The van der Waals surface area contributed by atoms with Gasteiger partial charge in [0.05, 0.1) is 5.02 Å². The third-order valence-corrected chi connectivity index (χ3v) is 3.96. The van der Waals surface area contributed by atoms with E-state index in [9.17, 15) is 9.59 Å². The number of ether oxygens (including phenoxy) is 1. The molecule has 6 heteroatoms. The van der Waals surface area contributed by atoms with E-state index in [0.717, 1.165) is 15.4 Å². The summed E-state index contributed by atoms with van der Waals surface area (Å²) >= 11 is 9.54. The zero-order chi connectivity index (χ0) is 15.8. The van der Waals surface area contributed by atoms with Crippen molar-refractivity contribution in [3.8, 4) is 0 Å². The van der Waals surface area contributed by atoms with Gasteiger partial charge in [-0.15, -0.1) is 0 Å². The summed E-state index contributed by atoms with van der Waals surface area (Å²) in [5.74, 6) is -0.782. The summed E-state index contributed by atoms with van der Waals surface area (Å²) < 4.78 is 5.90. The zero-order valence-electron chi connectivity index (χ0n) is 11.9. The lowest BCUT2D eigenvalue weighted by Gasteiger charge is -2.15. The van der Waals surface area contributed by atoms with E-state index in [-0.39, 0.29) is 18.1 Å². The fraction of sp³-hybridized carbons (Fsp3) is 0.333. The monoisotopic (exact) mass is 371 g/mol. The van der Waals surface area contributed by atoms with Gasteiger partial charge in [0.25, 0.3) is 0 Å². The molecule has 0 spiro atoms. The number of hydrogen-bond donors (Lipinski definition) is 1. The SMILES string of the molecule is CC(C)(C)C(=O)COC(=O)c1[nH]c2ccc(Br)cc2c1Cl. The highest BCUT2D eigenvalue weighted by Crippen LogP contribution is 2.30. The van der Waals surface area contributed by atoms with Crippen LogP contribution in [0.15, 0.2) is 22.7 Å². The smallest absolute Gasteiger partial charge is 0.356 e. The van der Waals surface area contributed by atoms with Gasteiger partial charge in [0.1, 0.15) is 5.69 Å². The Balaban J connectivity index is 2.20. The van der Waals surface area contributed by atoms with Crippen molar-refractivity contribution in [2.24, 2.45) is 5.41 Å². The molecule has 2 rings (SSSR count). The van der Waals surface area contributed by atoms with Crippen LogP contribution in [0, 0.1) is 5.41 Å². The highest BCUT2D eigenvalue weighted by Gasteiger charge is 2.24. The average molecular weight is 373 g/mol. The largest absolute Gasteiger partial charge is 0.453 e. The lowest BCUT2D eigenvalue weighted by Crippen LogP contribution is -2.26. The Morgan fingerprint density at radius 2 is 2.00 bits per heavy atom. The van der Waals surface area contributed by atoms with E-state index in [0.29, 0.717) is 5.02 Å². The molecule has 0 atom stereocenters. The Labute approximate surface area is 135 Å². The fourth-order valence-electron chi connectivity index (χ4n) is 1.69. The number of benzene rings is 1. The highest BCUT2D eigenvalue weighted by molar-refractivity contribution is 9.10. The number of esters is 1. The van der Waals surface area contributed by atoms with Crippen LogP contribution >= 0.6 is 27.5 Å². The lowest BCUT2D eigenvalue weighted by atomic mass is 9.91. The second kappa shape index (κ2) is 5.81. The molecule has 0 aliphatic carbocycles. The van der Waals surface area contributed by atoms with Crippen LogP contribution in [0.25, 0.3) is 10.9 Å². The summed E-state index contributed by atoms with van der Waals surface area (Å²) in [7, 11) is 0. The summed E-state index contributed by atoms with van der Waals surface area (Å²) in [6, 6.07) is 5.46. The first-order chi connectivity index (χ1) is 9.70. The number of carbonyl (C=O) groups excluding carboxylic acids is 2. The summed E-state index contributed by atoms with van der Waals surface area (Å²) in [6.07, 6.45) is 0. The molecule has 0 bridgehead atoms. The van der Waals surface area contributed by atoms with Gasteiger partial charge in [0.2, 0.25) is 0 Å². The molecular weight excluding hydrogens is 358 g/mol. The minimum Gasteiger partial charge on any atom is -0.453 e. The number of aromatic amines is 1. The molecule has 0 aliphatic heterocycles. The number of Topliss-reactive ketones (excluding diaryl/α,β-unsaturated/α-hetero) is 1. The molecule has 0 saturated carbocycles. The number of H-pyrrole nitrogens is 1. The fourth-order valence-corrected chi connectivity index (χ4v) is 2.33.